The molecule has 3 rings (SSSR count). The number of benzene rings is 1. The van der Waals surface area contributed by atoms with Crippen LogP contribution in [0.5, 0.6) is 11.5 Å². The Morgan fingerprint density at radius 1 is 1.30 bits per heavy atom. The van der Waals surface area contributed by atoms with Crippen LogP contribution in [0.3, 0.4) is 0 Å². The van der Waals surface area contributed by atoms with Crippen LogP contribution in [-0.2, 0) is 4.74 Å². The fourth-order valence-electron chi connectivity index (χ4n) is 2.89. The minimum atomic E-state index is -0.860. The molecule has 2 aliphatic heterocycles. The molecule has 1 aromatic rings. The average Bonchev–Trinajstić information content (AvgIpc) is 2.50. The van der Waals surface area contributed by atoms with E-state index in [0.29, 0.717) is 44.3 Å². The van der Waals surface area contributed by atoms with Crippen molar-refractivity contribution in [3.63, 3.8) is 0 Å². The summed E-state index contributed by atoms with van der Waals surface area (Å²) in [4.78, 5) is 14.8. The molecule has 1 amide bonds. The van der Waals surface area contributed by atoms with E-state index in [1.807, 2.05) is 25.1 Å². The second-order valence-corrected chi connectivity index (χ2v) is 5.88. The van der Waals surface area contributed by atoms with E-state index in [0.717, 1.165) is 5.69 Å². The highest BCUT2D eigenvalue weighted by atomic mass is 16.6. The van der Waals surface area contributed by atoms with Gasteiger partial charge in [-0.05, 0) is 19.1 Å². The molecule has 126 valence electrons. The highest BCUT2D eigenvalue weighted by Gasteiger charge is 2.28. The van der Waals surface area contributed by atoms with Gasteiger partial charge in [0.25, 0.3) is 0 Å². The molecular weight excluding hydrogens is 300 g/mol. The second-order valence-electron chi connectivity index (χ2n) is 5.88. The summed E-state index contributed by atoms with van der Waals surface area (Å²) >= 11 is 0. The van der Waals surface area contributed by atoms with Crippen LogP contribution < -0.4 is 14.4 Å². The molecule has 0 bridgehead atoms. The Morgan fingerprint density at radius 3 is 2.65 bits per heavy atom. The van der Waals surface area contributed by atoms with Gasteiger partial charge in [-0.25, -0.2) is 4.79 Å². The Labute approximate surface area is 135 Å². The highest BCUT2D eigenvalue weighted by Crippen LogP contribution is 2.34. The Hall–Kier alpha value is -2.15. The summed E-state index contributed by atoms with van der Waals surface area (Å²) in [7, 11) is 1.62. The molecule has 1 aromatic carbocycles. The standard InChI is InChI=1S/C16H22N2O5/c1-11-8-17(5-6-18(11)16(19)20)12-3-4-14(15(7-12)21-2)23-13-9-22-10-13/h3-4,7,11,13H,5-6,8-10H2,1-2H3,(H,19,20). The van der Waals surface area contributed by atoms with Gasteiger partial charge >= 0.3 is 6.09 Å². The zero-order valence-electron chi connectivity index (χ0n) is 13.4. The van der Waals surface area contributed by atoms with Crippen molar-refractivity contribution in [3.8, 4) is 11.5 Å². The predicted molar refractivity (Wildman–Crippen MR) is 84.6 cm³/mol. The molecule has 7 heteroatoms. The molecule has 0 aromatic heterocycles. The normalized spacial score (nSPS) is 21.7. The molecule has 0 spiro atoms. The van der Waals surface area contributed by atoms with E-state index in [1.54, 1.807) is 7.11 Å². The lowest BCUT2D eigenvalue weighted by Gasteiger charge is -2.39. The van der Waals surface area contributed by atoms with Gasteiger partial charge in [0.1, 0.15) is 6.10 Å². The summed E-state index contributed by atoms with van der Waals surface area (Å²) in [5.41, 5.74) is 1.01. The van der Waals surface area contributed by atoms with Gasteiger partial charge in [-0.2, -0.15) is 0 Å². The fraction of sp³-hybridized carbons (Fsp3) is 0.562. The summed E-state index contributed by atoms with van der Waals surface area (Å²) in [5, 5.41) is 9.16. The first-order chi connectivity index (χ1) is 11.1. The Bertz CT molecular complexity index is 576. The SMILES string of the molecule is COc1cc(N2CCN(C(=O)O)C(C)C2)ccc1OC1COC1. The summed E-state index contributed by atoms with van der Waals surface area (Å²) in [6.07, 6.45) is -0.768. The van der Waals surface area contributed by atoms with Crippen LogP contribution in [0.1, 0.15) is 6.92 Å². The smallest absolute Gasteiger partial charge is 0.407 e. The van der Waals surface area contributed by atoms with Crippen molar-refractivity contribution in [2.45, 2.75) is 19.1 Å². The minimum absolute atomic E-state index is 0.0460. The Balaban J connectivity index is 1.71. The maximum atomic E-state index is 11.2. The maximum absolute atomic E-state index is 11.2. The number of ether oxygens (including phenoxy) is 3. The number of carboxylic acid groups (broad SMARTS) is 1. The zero-order chi connectivity index (χ0) is 16.4. The van der Waals surface area contributed by atoms with Crippen molar-refractivity contribution in [1.82, 2.24) is 4.90 Å². The molecule has 1 atom stereocenters. The zero-order valence-corrected chi connectivity index (χ0v) is 13.4. The molecule has 1 N–H and O–H groups in total. The molecule has 0 aliphatic carbocycles. The molecular formula is C16H22N2O5. The monoisotopic (exact) mass is 322 g/mol. The van der Waals surface area contributed by atoms with Crippen LogP contribution in [0.25, 0.3) is 0 Å². The number of nitrogens with zero attached hydrogens (tertiary/aromatic N) is 2. The largest absolute Gasteiger partial charge is 0.493 e. The number of amides is 1. The molecule has 0 saturated carbocycles. The number of rotatable bonds is 4. The lowest BCUT2D eigenvalue weighted by atomic mass is 10.1. The van der Waals surface area contributed by atoms with Gasteiger partial charge in [-0.15, -0.1) is 0 Å². The van der Waals surface area contributed by atoms with E-state index < -0.39 is 6.09 Å². The fourth-order valence-corrected chi connectivity index (χ4v) is 2.89. The van der Waals surface area contributed by atoms with Gasteiger partial charge < -0.3 is 29.1 Å². The summed E-state index contributed by atoms with van der Waals surface area (Å²) in [6, 6.07) is 5.79. The van der Waals surface area contributed by atoms with E-state index >= 15 is 0 Å². The van der Waals surface area contributed by atoms with Crippen molar-refractivity contribution < 1.29 is 24.1 Å². The van der Waals surface area contributed by atoms with Crippen molar-refractivity contribution in [1.29, 1.82) is 0 Å². The average molecular weight is 322 g/mol. The van der Waals surface area contributed by atoms with Crippen LogP contribution in [0.2, 0.25) is 0 Å². The van der Waals surface area contributed by atoms with Crippen molar-refractivity contribution in [2.24, 2.45) is 0 Å². The third kappa shape index (κ3) is 3.29. The predicted octanol–water partition coefficient (Wildman–Crippen LogP) is 1.66. The second kappa shape index (κ2) is 6.54. The van der Waals surface area contributed by atoms with Crippen LogP contribution >= 0.6 is 0 Å². The number of carbonyl (C=O) groups is 1. The van der Waals surface area contributed by atoms with E-state index in [-0.39, 0.29) is 12.1 Å². The lowest BCUT2D eigenvalue weighted by Crippen LogP contribution is -2.53. The van der Waals surface area contributed by atoms with Gasteiger partial charge in [-0.3, -0.25) is 0 Å². The summed E-state index contributed by atoms with van der Waals surface area (Å²) in [6.45, 7) is 4.96. The number of anilines is 1. The first-order valence-corrected chi connectivity index (χ1v) is 7.75. The summed E-state index contributed by atoms with van der Waals surface area (Å²) < 4.78 is 16.4. The molecule has 23 heavy (non-hydrogen) atoms. The molecule has 2 heterocycles. The van der Waals surface area contributed by atoms with Gasteiger partial charge in [-0.1, -0.05) is 0 Å². The lowest BCUT2D eigenvalue weighted by molar-refractivity contribution is -0.0803. The summed E-state index contributed by atoms with van der Waals surface area (Å²) in [5.74, 6) is 1.39. The molecule has 2 aliphatic rings. The van der Waals surface area contributed by atoms with Crippen LogP contribution in [0.4, 0.5) is 10.5 Å². The van der Waals surface area contributed by atoms with E-state index in [9.17, 15) is 4.79 Å². The number of methoxy groups -OCH3 is 1. The van der Waals surface area contributed by atoms with Crippen molar-refractivity contribution in [2.75, 3.05) is 44.9 Å². The number of hydrogen-bond acceptors (Lipinski definition) is 5. The highest BCUT2D eigenvalue weighted by molar-refractivity contribution is 5.66. The topological polar surface area (TPSA) is 71.5 Å². The van der Waals surface area contributed by atoms with Crippen molar-refractivity contribution >= 4 is 11.8 Å². The van der Waals surface area contributed by atoms with Crippen LogP contribution in [0.15, 0.2) is 18.2 Å². The number of piperazine rings is 1. The quantitative estimate of drug-likeness (QED) is 0.909. The van der Waals surface area contributed by atoms with Gasteiger partial charge in [0.15, 0.2) is 11.5 Å². The van der Waals surface area contributed by atoms with Crippen LogP contribution in [-0.4, -0.2) is 68.2 Å². The molecule has 1 unspecified atom stereocenters. The molecule has 0 radical (unpaired) electrons. The molecule has 2 fully saturated rings. The Morgan fingerprint density at radius 2 is 2.09 bits per heavy atom. The van der Waals surface area contributed by atoms with Gasteiger partial charge in [0.05, 0.1) is 20.3 Å². The van der Waals surface area contributed by atoms with Crippen LogP contribution in [0, 0.1) is 0 Å². The maximum Gasteiger partial charge on any atom is 0.407 e. The third-order valence-corrected chi connectivity index (χ3v) is 4.29. The molecule has 2 saturated heterocycles. The van der Waals surface area contributed by atoms with E-state index in [1.165, 1.54) is 4.90 Å². The van der Waals surface area contributed by atoms with Gasteiger partial charge in [0.2, 0.25) is 0 Å². The first kappa shape index (κ1) is 15.7. The third-order valence-electron chi connectivity index (χ3n) is 4.29. The van der Waals surface area contributed by atoms with E-state index in [4.69, 9.17) is 19.3 Å². The van der Waals surface area contributed by atoms with E-state index in [2.05, 4.69) is 4.90 Å². The number of hydrogen-bond donors (Lipinski definition) is 1. The first-order valence-electron chi connectivity index (χ1n) is 7.75. The minimum Gasteiger partial charge on any atom is -0.493 e. The van der Waals surface area contributed by atoms with Crippen molar-refractivity contribution in [3.05, 3.63) is 18.2 Å². The molecule has 7 nitrogen and oxygen atoms in total. The van der Waals surface area contributed by atoms with Gasteiger partial charge in [0, 0.05) is 37.4 Å². The Kier molecular flexibility index (Phi) is 4.47.